The van der Waals surface area contributed by atoms with Crippen LogP contribution in [0, 0.1) is 0 Å². The lowest BCUT2D eigenvalue weighted by Gasteiger charge is -2.10. The van der Waals surface area contributed by atoms with Gasteiger partial charge in [0, 0.05) is 6.21 Å². The highest BCUT2D eigenvalue weighted by molar-refractivity contribution is 5.93. The second-order valence-corrected chi connectivity index (χ2v) is 4.49. The highest BCUT2D eigenvalue weighted by Crippen LogP contribution is 2.27. The molecule has 0 bridgehead atoms. The van der Waals surface area contributed by atoms with E-state index in [0.717, 1.165) is 12.0 Å². The van der Waals surface area contributed by atoms with E-state index in [9.17, 15) is 15.0 Å². The fourth-order valence-corrected chi connectivity index (χ4v) is 1.81. The Hall–Kier alpha value is -2.82. The quantitative estimate of drug-likeness (QED) is 0.843. The molecule has 2 aromatic carbocycles. The van der Waals surface area contributed by atoms with Gasteiger partial charge in [0.2, 0.25) is 0 Å². The molecule has 21 heavy (non-hydrogen) atoms. The van der Waals surface area contributed by atoms with Gasteiger partial charge in [-0.05, 0) is 41.8 Å². The minimum Gasteiger partial charge on any atom is -0.872 e. The third-order valence-corrected chi connectivity index (χ3v) is 3.05. The second kappa shape index (κ2) is 6.09. The van der Waals surface area contributed by atoms with Crippen molar-refractivity contribution in [2.75, 3.05) is 0 Å². The number of aromatic carboxylic acids is 1. The predicted molar refractivity (Wildman–Crippen MR) is 77.6 cm³/mol. The van der Waals surface area contributed by atoms with Crippen molar-refractivity contribution < 1.29 is 20.1 Å². The zero-order chi connectivity index (χ0) is 15.4. The van der Waals surface area contributed by atoms with E-state index < -0.39 is 5.97 Å². The molecule has 0 unspecified atom stereocenters. The molecule has 0 saturated carbocycles. The van der Waals surface area contributed by atoms with Gasteiger partial charge in [-0.3, -0.25) is 4.99 Å². The molecule has 0 aliphatic carbocycles. The number of carboxylic acid groups (broad SMARTS) is 1. The normalized spacial score (nSPS) is 10.9. The lowest BCUT2D eigenvalue weighted by Crippen LogP contribution is -2.01. The lowest BCUT2D eigenvalue weighted by molar-refractivity contribution is -0.268. The molecule has 2 aromatic rings. The fourth-order valence-electron chi connectivity index (χ4n) is 1.81. The van der Waals surface area contributed by atoms with Crippen LogP contribution in [0.15, 0.2) is 41.4 Å². The van der Waals surface area contributed by atoms with Gasteiger partial charge in [-0.15, -0.1) is 5.75 Å². The van der Waals surface area contributed by atoms with Crippen LogP contribution >= 0.6 is 0 Å². The first-order chi connectivity index (χ1) is 10.0. The number of carbonyl (C=O) groups is 1. The predicted octanol–water partition coefficient (Wildman–Crippen LogP) is 2.48. The van der Waals surface area contributed by atoms with Gasteiger partial charge in [0.25, 0.3) is 0 Å². The first-order valence-electron chi connectivity index (χ1n) is 6.41. The summed E-state index contributed by atoms with van der Waals surface area (Å²) >= 11 is 0. The average Bonchev–Trinajstić information content (AvgIpc) is 2.47. The fraction of sp³-hybridized carbons (Fsp3) is 0.125. The van der Waals surface area contributed by atoms with Crippen molar-refractivity contribution in [3.8, 4) is 11.5 Å². The molecule has 2 N–H and O–H groups in total. The molecule has 0 amide bonds. The first-order valence-corrected chi connectivity index (χ1v) is 6.41. The summed E-state index contributed by atoms with van der Waals surface area (Å²) in [7, 11) is 0. The molecule has 0 fully saturated rings. The Morgan fingerprint density at radius 3 is 2.71 bits per heavy atom. The molecule has 5 heteroatoms. The SMILES string of the molecule is CCc1ccc(O)c(N=Cc2cc(C(=O)O)ccc2[O-])c1. The molecule has 108 valence electrons. The summed E-state index contributed by atoms with van der Waals surface area (Å²) in [6.07, 6.45) is 2.06. The minimum atomic E-state index is -1.11. The molecule has 0 heterocycles. The zero-order valence-corrected chi connectivity index (χ0v) is 11.4. The molecule has 0 atom stereocenters. The number of carboxylic acids is 1. The summed E-state index contributed by atoms with van der Waals surface area (Å²) < 4.78 is 0. The maximum absolute atomic E-state index is 11.7. The number of hydrogen-bond donors (Lipinski definition) is 2. The van der Waals surface area contributed by atoms with Gasteiger partial charge in [0.15, 0.2) is 0 Å². The number of aliphatic imine (C=N–C) groups is 1. The Morgan fingerprint density at radius 2 is 2.05 bits per heavy atom. The lowest BCUT2D eigenvalue weighted by atomic mass is 10.1. The van der Waals surface area contributed by atoms with Gasteiger partial charge in [-0.2, -0.15) is 0 Å². The summed E-state index contributed by atoms with van der Waals surface area (Å²) in [5.41, 5.74) is 1.52. The van der Waals surface area contributed by atoms with Crippen LogP contribution in [0.5, 0.6) is 11.5 Å². The highest BCUT2D eigenvalue weighted by atomic mass is 16.4. The summed E-state index contributed by atoms with van der Waals surface area (Å²) in [5, 5.41) is 30.3. The van der Waals surface area contributed by atoms with Crippen LogP contribution in [-0.4, -0.2) is 22.4 Å². The Labute approximate surface area is 121 Å². The molecular weight excluding hydrogens is 270 g/mol. The van der Waals surface area contributed by atoms with E-state index in [2.05, 4.69) is 4.99 Å². The van der Waals surface area contributed by atoms with E-state index in [1.807, 2.05) is 6.92 Å². The van der Waals surface area contributed by atoms with Crippen molar-refractivity contribution in [1.29, 1.82) is 0 Å². The largest absolute Gasteiger partial charge is 0.872 e. The van der Waals surface area contributed by atoms with Gasteiger partial charge in [-0.25, -0.2) is 4.79 Å². The van der Waals surface area contributed by atoms with Crippen molar-refractivity contribution in [3.05, 3.63) is 53.1 Å². The third kappa shape index (κ3) is 3.39. The van der Waals surface area contributed by atoms with Gasteiger partial charge in [-0.1, -0.05) is 19.1 Å². The molecule has 0 saturated heterocycles. The van der Waals surface area contributed by atoms with Gasteiger partial charge < -0.3 is 15.3 Å². The maximum Gasteiger partial charge on any atom is 0.335 e. The Kier molecular flexibility index (Phi) is 4.23. The number of phenolic OH excluding ortho intramolecular Hbond substituents is 1. The van der Waals surface area contributed by atoms with Crippen LogP contribution in [0.1, 0.15) is 28.4 Å². The number of benzene rings is 2. The van der Waals surface area contributed by atoms with Crippen molar-refractivity contribution in [1.82, 2.24) is 0 Å². The summed E-state index contributed by atoms with van der Waals surface area (Å²) in [4.78, 5) is 15.0. The number of hydrogen-bond acceptors (Lipinski definition) is 4. The van der Waals surface area contributed by atoms with Crippen LogP contribution in [0.2, 0.25) is 0 Å². The van der Waals surface area contributed by atoms with Crippen LogP contribution in [0.4, 0.5) is 5.69 Å². The molecular formula is C16H14NO4-. The van der Waals surface area contributed by atoms with Gasteiger partial charge in [0.1, 0.15) is 11.4 Å². The Bertz CT molecular complexity index is 707. The smallest absolute Gasteiger partial charge is 0.335 e. The average molecular weight is 284 g/mol. The third-order valence-electron chi connectivity index (χ3n) is 3.05. The summed E-state index contributed by atoms with van der Waals surface area (Å²) in [6.45, 7) is 1.98. The van der Waals surface area contributed by atoms with E-state index >= 15 is 0 Å². The standard InChI is InChI=1S/C16H15NO4/c1-2-10-3-5-15(19)13(7-10)17-9-12-8-11(16(20)21)4-6-14(12)18/h3-9,18-19H,2H2,1H3,(H,20,21)/p-1. The zero-order valence-electron chi connectivity index (χ0n) is 11.4. The second-order valence-electron chi connectivity index (χ2n) is 4.49. The first kappa shape index (κ1) is 14.6. The van der Waals surface area contributed by atoms with Crippen LogP contribution in [-0.2, 0) is 6.42 Å². The number of nitrogens with zero attached hydrogens (tertiary/aromatic N) is 1. The monoisotopic (exact) mass is 284 g/mol. The molecule has 0 spiro atoms. The number of rotatable bonds is 4. The molecule has 0 aliphatic rings. The van der Waals surface area contributed by atoms with E-state index in [0.29, 0.717) is 5.69 Å². The minimum absolute atomic E-state index is 0.00490. The van der Waals surface area contributed by atoms with Crippen LogP contribution in [0.3, 0.4) is 0 Å². The summed E-state index contributed by atoms with van der Waals surface area (Å²) in [6, 6.07) is 8.74. The Balaban J connectivity index is 2.37. The van der Waals surface area contributed by atoms with Crippen molar-refractivity contribution >= 4 is 17.9 Å². The number of phenols is 1. The van der Waals surface area contributed by atoms with E-state index in [1.165, 1.54) is 30.5 Å². The molecule has 5 nitrogen and oxygen atoms in total. The van der Waals surface area contributed by atoms with Crippen molar-refractivity contribution in [3.63, 3.8) is 0 Å². The van der Waals surface area contributed by atoms with Gasteiger partial charge >= 0.3 is 5.97 Å². The van der Waals surface area contributed by atoms with E-state index in [4.69, 9.17) is 5.11 Å². The van der Waals surface area contributed by atoms with Crippen molar-refractivity contribution in [2.24, 2.45) is 4.99 Å². The molecule has 0 radical (unpaired) electrons. The van der Waals surface area contributed by atoms with Gasteiger partial charge in [0.05, 0.1) is 5.56 Å². The molecule has 2 rings (SSSR count). The Morgan fingerprint density at radius 1 is 1.29 bits per heavy atom. The maximum atomic E-state index is 11.7. The molecule has 0 aromatic heterocycles. The van der Waals surface area contributed by atoms with Crippen LogP contribution < -0.4 is 5.11 Å². The van der Waals surface area contributed by atoms with E-state index in [1.54, 1.807) is 12.1 Å². The summed E-state index contributed by atoms with van der Waals surface area (Å²) in [5.74, 6) is -1.43. The number of aromatic hydroxyl groups is 1. The van der Waals surface area contributed by atoms with E-state index in [-0.39, 0.29) is 22.6 Å². The topological polar surface area (TPSA) is 93.0 Å². The highest BCUT2D eigenvalue weighted by Gasteiger charge is 2.04. The van der Waals surface area contributed by atoms with Crippen LogP contribution in [0.25, 0.3) is 0 Å². The van der Waals surface area contributed by atoms with Crippen molar-refractivity contribution in [2.45, 2.75) is 13.3 Å². The number of aryl methyl sites for hydroxylation is 1. The molecule has 0 aliphatic heterocycles.